The van der Waals surface area contributed by atoms with Crippen molar-refractivity contribution in [3.8, 4) is 0 Å². The van der Waals surface area contributed by atoms with E-state index in [1.165, 1.54) is 0 Å². The summed E-state index contributed by atoms with van der Waals surface area (Å²) in [6.45, 7) is 0. The van der Waals surface area contributed by atoms with Crippen LogP contribution in [0, 0.1) is 0 Å². The molecule has 0 aliphatic carbocycles. The van der Waals surface area contributed by atoms with Gasteiger partial charge in [-0.05, 0) is 0 Å². The molecule has 0 rings (SSSR count). The molecule has 3 N–H and O–H groups in total. The van der Waals surface area contributed by atoms with E-state index in [-0.39, 0.29) is 0 Å². The summed E-state index contributed by atoms with van der Waals surface area (Å²) in [5, 5.41) is 4.11. The molecule has 0 saturated heterocycles. The lowest BCUT2D eigenvalue weighted by atomic mass is 13.9. The SMILES string of the molecule is NS(=O)(=O)OS(=O)(=O)OS(=O)O. The Balaban J connectivity index is 4.58. The van der Waals surface area contributed by atoms with Crippen LogP contribution in [0.4, 0.5) is 0 Å². The summed E-state index contributed by atoms with van der Waals surface area (Å²) in [5.41, 5.74) is 0. The first-order chi connectivity index (χ1) is 5.12. The van der Waals surface area contributed by atoms with Crippen LogP contribution in [-0.4, -0.2) is 25.6 Å². The van der Waals surface area contributed by atoms with E-state index in [0.29, 0.717) is 0 Å². The molecule has 0 bridgehead atoms. The molecule has 0 aromatic heterocycles. The van der Waals surface area contributed by atoms with Gasteiger partial charge in [-0.25, -0.2) is 5.14 Å². The van der Waals surface area contributed by atoms with Gasteiger partial charge in [0.15, 0.2) is 0 Å². The van der Waals surface area contributed by atoms with E-state index in [1.54, 1.807) is 0 Å². The minimum atomic E-state index is -5.10. The third kappa shape index (κ3) is 6.59. The summed E-state index contributed by atoms with van der Waals surface area (Å²) in [7, 11) is -9.89. The van der Waals surface area contributed by atoms with Crippen molar-refractivity contribution >= 4 is 32.1 Å². The average Bonchev–Trinajstić information content (AvgIpc) is 1.48. The highest BCUT2D eigenvalue weighted by Gasteiger charge is 2.22. The molecule has 0 radical (unpaired) electrons. The van der Waals surface area contributed by atoms with Crippen LogP contribution in [0.2, 0.25) is 0 Å². The summed E-state index contributed by atoms with van der Waals surface area (Å²) >= 11 is -3.20. The highest BCUT2D eigenvalue weighted by Crippen LogP contribution is 2.00. The Bertz CT molecular complexity index is 357. The Hall–Kier alpha value is -0.110. The van der Waals surface area contributed by atoms with Gasteiger partial charge in [-0.3, -0.25) is 4.55 Å². The van der Waals surface area contributed by atoms with Crippen molar-refractivity contribution < 1.29 is 32.9 Å². The number of hydrogen-bond donors (Lipinski definition) is 2. The van der Waals surface area contributed by atoms with Crippen LogP contribution in [0.3, 0.4) is 0 Å². The summed E-state index contributed by atoms with van der Waals surface area (Å²) in [5.74, 6) is 0. The Labute approximate surface area is 70.5 Å². The summed E-state index contributed by atoms with van der Waals surface area (Å²) in [4.78, 5) is 0. The highest BCUT2D eigenvalue weighted by atomic mass is 32.3. The highest BCUT2D eigenvalue weighted by molar-refractivity contribution is 8.00. The van der Waals surface area contributed by atoms with Crippen molar-refractivity contribution in [3.05, 3.63) is 0 Å². The van der Waals surface area contributed by atoms with Gasteiger partial charge in [0.1, 0.15) is 0 Å². The van der Waals surface area contributed by atoms with Gasteiger partial charge in [0.2, 0.25) is 0 Å². The molecular formula is H3NO8S3. The van der Waals surface area contributed by atoms with Crippen LogP contribution >= 0.6 is 0 Å². The molecule has 12 heavy (non-hydrogen) atoms. The second-order valence-electron chi connectivity index (χ2n) is 1.25. The Morgan fingerprint density at radius 3 is 1.92 bits per heavy atom. The Morgan fingerprint density at radius 1 is 1.25 bits per heavy atom. The van der Waals surface area contributed by atoms with Crippen LogP contribution in [0.5, 0.6) is 0 Å². The first kappa shape index (κ1) is 11.9. The van der Waals surface area contributed by atoms with E-state index in [2.05, 4.69) is 12.4 Å². The smallest absolute Gasteiger partial charge is 0.283 e. The molecule has 0 fully saturated rings. The average molecular weight is 241 g/mol. The molecule has 0 aliphatic heterocycles. The van der Waals surface area contributed by atoms with E-state index < -0.39 is 32.1 Å². The second-order valence-corrected chi connectivity index (χ2v) is 4.58. The van der Waals surface area contributed by atoms with Gasteiger partial charge >= 0.3 is 32.1 Å². The largest absolute Gasteiger partial charge is 0.430 e. The maximum Gasteiger partial charge on any atom is 0.430 e. The van der Waals surface area contributed by atoms with Crippen LogP contribution in [0.1, 0.15) is 0 Å². The van der Waals surface area contributed by atoms with E-state index >= 15 is 0 Å². The molecule has 12 heteroatoms. The molecule has 0 aliphatic rings. The van der Waals surface area contributed by atoms with Crippen molar-refractivity contribution in [2.75, 3.05) is 0 Å². The number of hydrogen-bond acceptors (Lipinski definition) is 7. The minimum Gasteiger partial charge on any atom is -0.283 e. The van der Waals surface area contributed by atoms with Crippen LogP contribution in [0.15, 0.2) is 0 Å². The summed E-state index contributed by atoms with van der Waals surface area (Å²) in [6, 6.07) is 0. The first-order valence-electron chi connectivity index (χ1n) is 1.92. The molecule has 1 atom stereocenters. The lowest BCUT2D eigenvalue weighted by molar-refractivity contribution is 0.379. The third-order valence-corrected chi connectivity index (χ3v) is 2.88. The van der Waals surface area contributed by atoms with Crippen molar-refractivity contribution in [1.82, 2.24) is 0 Å². The zero-order valence-corrected chi connectivity index (χ0v) is 7.56. The normalized spacial score (nSPS) is 15.8. The van der Waals surface area contributed by atoms with Crippen LogP contribution < -0.4 is 5.14 Å². The molecule has 0 aromatic rings. The summed E-state index contributed by atoms with van der Waals surface area (Å²) in [6.07, 6.45) is 0. The van der Waals surface area contributed by atoms with E-state index in [4.69, 9.17) is 4.55 Å². The van der Waals surface area contributed by atoms with E-state index in [9.17, 15) is 21.0 Å². The van der Waals surface area contributed by atoms with Gasteiger partial charge in [-0.2, -0.15) is 21.0 Å². The predicted octanol–water partition coefficient (Wildman–Crippen LogP) is -2.40. The lowest BCUT2D eigenvalue weighted by Gasteiger charge is -1.97. The number of nitrogens with two attached hydrogens (primary N) is 1. The third-order valence-electron chi connectivity index (χ3n) is 0.320. The molecule has 0 amide bonds. The molecule has 74 valence electrons. The molecule has 9 nitrogen and oxygen atoms in total. The van der Waals surface area contributed by atoms with Crippen molar-refractivity contribution in [2.24, 2.45) is 5.14 Å². The maximum atomic E-state index is 10.2. The van der Waals surface area contributed by atoms with E-state index in [0.717, 1.165) is 0 Å². The predicted molar refractivity (Wildman–Crippen MR) is 35.0 cm³/mol. The topological polar surface area (TPSA) is 150 Å². The molecule has 1 unspecified atom stereocenters. The summed E-state index contributed by atoms with van der Waals surface area (Å²) < 4.78 is 64.0. The lowest BCUT2D eigenvalue weighted by Crippen LogP contribution is -2.22. The van der Waals surface area contributed by atoms with Gasteiger partial charge < -0.3 is 0 Å². The van der Waals surface area contributed by atoms with Crippen molar-refractivity contribution in [3.63, 3.8) is 0 Å². The first-order valence-corrected chi connectivity index (χ1v) is 5.75. The Kier molecular flexibility index (Phi) is 3.70. The van der Waals surface area contributed by atoms with Gasteiger partial charge in [-0.15, -0.1) is 7.26 Å². The fourth-order valence-electron chi connectivity index (χ4n) is 0.199. The molecular weight excluding hydrogens is 238 g/mol. The van der Waals surface area contributed by atoms with E-state index in [1.807, 2.05) is 0 Å². The maximum absolute atomic E-state index is 10.2. The number of rotatable bonds is 4. The zero-order valence-electron chi connectivity index (χ0n) is 5.11. The molecule has 0 spiro atoms. The van der Waals surface area contributed by atoms with Gasteiger partial charge in [0.05, 0.1) is 0 Å². The monoisotopic (exact) mass is 241 g/mol. The van der Waals surface area contributed by atoms with Crippen molar-refractivity contribution in [1.29, 1.82) is 0 Å². The van der Waals surface area contributed by atoms with Crippen molar-refractivity contribution in [2.45, 2.75) is 0 Å². The fourth-order valence-corrected chi connectivity index (χ4v) is 1.99. The van der Waals surface area contributed by atoms with Gasteiger partial charge in [-0.1, -0.05) is 0 Å². The molecule has 0 heterocycles. The van der Waals surface area contributed by atoms with Crippen LogP contribution in [-0.2, 0) is 39.3 Å². The molecule has 0 saturated carbocycles. The fraction of sp³-hybridized carbons (Fsp3) is 0. The standard InChI is InChI=1S/H3NO8S3/c1-11(4,5)9-12(6,7)8-10(2)3/h(H,2,3)(H2,1,4,5). The molecule has 0 aromatic carbocycles. The Morgan fingerprint density at radius 2 is 1.67 bits per heavy atom. The van der Waals surface area contributed by atoms with Gasteiger partial charge in [0, 0.05) is 0 Å². The van der Waals surface area contributed by atoms with Crippen LogP contribution in [0.25, 0.3) is 0 Å². The quantitative estimate of drug-likeness (QED) is 0.517. The zero-order chi connectivity index (χ0) is 9.99. The minimum absolute atomic E-state index is 3.08. The van der Waals surface area contributed by atoms with Gasteiger partial charge in [0.25, 0.3) is 0 Å². The second kappa shape index (κ2) is 3.73.